The topological polar surface area (TPSA) is 123 Å². The Bertz CT molecular complexity index is 667. The Morgan fingerprint density at radius 3 is 2.89 bits per heavy atom. The molecule has 2 aromatic heterocycles. The fraction of sp³-hybridized carbons (Fsp3) is 0.200. The lowest BCUT2D eigenvalue weighted by Gasteiger charge is -2.09. The van der Waals surface area contributed by atoms with E-state index in [1.807, 2.05) is 0 Å². The third-order valence-electron chi connectivity index (χ3n) is 2.34. The van der Waals surface area contributed by atoms with Crippen LogP contribution in [0.25, 0.3) is 0 Å². The Balaban J connectivity index is 2.18. The molecule has 0 fully saturated rings. The van der Waals surface area contributed by atoms with E-state index in [0.717, 1.165) is 0 Å². The monoisotopic (exact) mass is 283 g/mol. The molecule has 0 aliphatic heterocycles. The molecule has 2 aromatic rings. The Hall–Kier alpha value is -1.97. The largest absolute Gasteiger partial charge is 0.360 e. The molecule has 4 N–H and O–H groups in total. The van der Waals surface area contributed by atoms with Gasteiger partial charge in [0.1, 0.15) is 4.90 Å². The lowest BCUT2D eigenvalue weighted by atomic mass is 10.4. The molecule has 0 spiro atoms. The fourth-order valence-electron chi connectivity index (χ4n) is 1.46. The molecule has 0 saturated heterocycles. The predicted molar refractivity (Wildman–Crippen MR) is 67.3 cm³/mol. The first-order valence-corrected chi connectivity index (χ1v) is 6.84. The average molecular weight is 283 g/mol. The van der Waals surface area contributed by atoms with Crippen molar-refractivity contribution in [1.29, 1.82) is 0 Å². The van der Waals surface area contributed by atoms with Crippen LogP contribution in [0.1, 0.15) is 11.5 Å². The van der Waals surface area contributed by atoms with Gasteiger partial charge in [-0.15, -0.1) is 0 Å². The number of pyridine rings is 1. The number of rotatable bonds is 5. The maximum absolute atomic E-state index is 12.1. The van der Waals surface area contributed by atoms with Crippen molar-refractivity contribution >= 4 is 15.7 Å². The first kappa shape index (κ1) is 13.5. The van der Waals surface area contributed by atoms with Gasteiger partial charge in [0.15, 0.2) is 5.76 Å². The molecule has 0 aliphatic rings. The van der Waals surface area contributed by atoms with Gasteiger partial charge < -0.3 is 9.95 Å². The molecule has 102 valence electrons. The molecule has 0 unspecified atom stereocenters. The van der Waals surface area contributed by atoms with Crippen molar-refractivity contribution in [2.45, 2.75) is 18.4 Å². The number of sulfonamides is 1. The van der Waals surface area contributed by atoms with Gasteiger partial charge in [0.2, 0.25) is 10.0 Å². The van der Waals surface area contributed by atoms with E-state index in [1.165, 1.54) is 18.5 Å². The molecule has 2 heterocycles. The average Bonchev–Trinajstić information content (AvgIpc) is 2.82. The zero-order valence-corrected chi connectivity index (χ0v) is 10.9. The number of hydrogen-bond donors (Lipinski definition) is 3. The second-order valence-corrected chi connectivity index (χ2v) is 5.51. The number of nitrogens with zero attached hydrogens (tertiary/aromatic N) is 2. The Morgan fingerprint density at radius 2 is 2.26 bits per heavy atom. The molecule has 0 radical (unpaired) electrons. The lowest BCUT2D eigenvalue weighted by molar-refractivity contribution is 0.377. The number of hydrazine groups is 1. The van der Waals surface area contributed by atoms with Crippen LogP contribution in [0.4, 0.5) is 5.69 Å². The number of nitrogens with one attached hydrogen (secondary N) is 2. The van der Waals surface area contributed by atoms with Crippen LogP contribution in [0.15, 0.2) is 33.9 Å². The zero-order valence-electron chi connectivity index (χ0n) is 10.1. The van der Waals surface area contributed by atoms with E-state index in [4.69, 9.17) is 10.4 Å². The maximum Gasteiger partial charge on any atom is 0.244 e. The van der Waals surface area contributed by atoms with Crippen molar-refractivity contribution < 1.29 is 12.9 Å². The summed E-state index contributed by atoms with van der Waals surface area (Å²) in [7, 11) is -3.73. The second kappa shape index (κ2) is 5.34. The highest BCUT2D eigenvalue weighted by atomic mass is 32.2. The number of aryl methyl sites for hydroxylation is 1. The van der Waals surface area contributed by atoms with Crippen LogP contribution >= 0.6 is 0 Å². The van der Waals surface area contributed by atoms with Crippen LogP contribution < -0.4 is 16.0 Å². The molecule has 0 aliphatic carbocycles. The number of nitrogens with two attached hydrogens (primary N) is 1. The summed E-state index contributed by atoms with van der Waals surface area (Å²) < 4.78 is 31.5. The normalized spacial score (nSPS) is 11.5. The van der Waals surface area contributed by atoms with Gasteiger partial charge in [-0.2, -0.15) is 0 Å². The molecule has 0 atom stereocenters. The quantitative estimate of drug-likeness (QED) is 0.527. The van der Waals surface area contributed by atoms with Crippen LogP contribution in [-0.2, 0) is 16.6 Å². The van der Waals surface area contributed by atoms with Crippen molar-refractivity contribution in [1.82, 2.24) is 14.9 Å². The van der Waals surface area contributed by atoms with Gasteiger partial charge in [0.25, 0.3) is 0 Å². The van der Waals surface area contributed by atoms with Crippen LogP contribution in [0.2, 0.25) is 0 Å². The zero-order chi connectivity index (χ0) is 13.9. The molecule has 2 rings (SSSR count). The molecule has 19 heavy (non-hydrogen) atoms. The van der Waals surface area contributed by atoms with E-state index in [2.05, 4.69) is 20.3 Å². The molecule has 0 saturated carbocycles. The van der Waals surface area contributed by atoms with E-state index in [9.17, 15) is 8.42 Å². The summed E-state index contributed by atoms with van der Waals surface area (Å²) in [5.41, 5.74) is 3.25. The van der Waals surface area contributed by atoms with Crippen molar-refractivity contribution in [3.63, 3.8) is 0 Å². The number of aromatic nitrogens is 2. The summed E-state index contributed by atoms with van der Waals surface area (Å²) in [6.45, 7) is 1.75. The standard InChI is InChI=1S/C10H13N5O3S/c1-7-4-8(18-15-7)5-13-19(16,17)10-6-12-3-2-9(10)14-11/h2-4,6,13H,5,11H2,1H3,(H,12,14). The van der Waals surface area contributed by atoms with Crippen molar-refractivity contribution in [3.05, 3.63) is 36.0 Å². The van der Waals surface area contributed by atoms with Crippen molar-refractivity contribution in [3.8, 4) is 0 Å². The summed E-state index contributed by atoms with van der Waals surface area (Å²) in [4.78, 5) is 3.73. The van der Waals surface area contributed by atoms with Gasteiger partial charge in [-0.3, -0.25) is 10.8 Å². The van der Waals surface area contributed by atoms with Crippen LogP contribution in [0.5, 0.6) is 0 Å². The molecule has 0 bridgehead atoms. The third kappa shape index (κ3) is 3.08. The Kier molecular flexibility index (Phi) is 3.79. The van der Waals surface area contributed by atoms with E-state index >= 15 is 0 Å². The maximum atomic E-state index is 12.1. The van der Waals surface area contributed by atoms with Gasteiger partial charge in [-0.1, -0.05) is 5.16 Å². The fourth-order valence-corrected chi connectivity index (χ4v) is 2.56. The minimum Gasteiger partial charge on any atom is -0.360 e. The first-order valence-electron chi connectivity index (χ1n) is 5.35. The minimum absolute atomic E-state index is 0.00206. The molecule has 0 aromatic carbocycles. The third-order valence-corrected chi connectivity index (χ3v) is 3.77. The number of nitrogen functional groups attached to an aromatic ring is 1. The van der Waals surface area contributed by atoms with E-state index in [1.54, 1.807) is 13.0 Å². The Labute approximate surface area is 110 Å². The van der Waals surface area contributed by atoms with Gasteiger partial charge >= 0.3 is 0 Å². The lowest BCUT2D eigenvalue weighted by Crippen LogP contribution is -2.25. The molecular weight excluding hydrogens is 270 g/mol. The highest BCUT2D eigenvalue weighted by Gasteiger charge is 2.19. The SMILES string of the molecule is Cc1cc(CNS(=O)(=O)c2cnccc2NN)on1. The highest BCUT2D eigenvalue weighted by Crippen LogP contribution is 2.18. The predicted octanol–water partition coefficient (Wildman–Crippen LogP) is 0.142. The van der Waals surface area contributed by atoms with Crippen LogP contribution in [0.3, 0.4) is 0 Å². The van der Waals surface area contributed by atoms with Crippen molar-refractivity contribution in [2.24, 2.45) is 5.84 Å². The minimum atomic E-state index is -3.73. The Morgan fingerprint density at radius 1 is 1.47 bits per heavy atom. The summed E-state index contributed by atoms with van der Waals surface area (Å²) in [6.07, 6.45) is 2.65. The van der Waals surface area contributed by atoms with E-state index in [0.29, 0.717) is 11.5 Å². The first-order chi connectivity index (χ1) is 9.03. The summed E-state index contributed by atoms with van der Waals surface area (Å²) in [5.74, 6) is 5.68. The highest BCUT2D eigenvalue weighted by molar-refractivity contribution is 7.89. The molecular formula is C10H13N5O3S. The molecule has 9 heteroatoms. The van der Waals surface area contributed by atoms with Crippen molar-refractivity contribution in [2.75, 3.05) is 5.43 Å². The summed E-state index contributed by atoms with van der Waals surface area (Å²) in [5, 5.41) is 3.67. The van der Waals surface area contributed by atoms with Gasteiger partial charge in [0.05, 0.1) is 17.9 Å². The summed E-state index contributed by atoms with van der Waals surface area (Å²) >= 11 is 0. The van der Waals surface area contributed by atoms with E-state index < -0.39 is 10.0 Å². The van der Waals surface area contributed by atoms with E-state index in [-0.39, 0.29) is 17.1 Å². The van der Waals surface area contributed by atoms with Gasteiger partial charge in [-0.25, -0.2) is 13.1 Å². The van der Waals surface area contributed by atoms with Crippen LogP contribution in [0, 0.1) is 6.92 Å². The summed E-state index contributed by atoms with van der Waals surface area (Å²) in [6, 6.07) is 3.11. The van der Waals surface area contributed by atoms with Gasteiger partial charge in [-0.05, 0) is 13.0 Å². The molecule has 8 nitrogen and oxygen atoms in total. The number of anilines is 1. The number of hydrogen-bond acceptors (Lipinski definition) is 7. The van der Waals surface area contributed by atoms with Gasteiger partial charge in [0, 0.05) is 18.5 Å². The molecule has 0 amide bonds. The smallest absolute Gasteiger partial charge is 0.244 e. The van der Waals surface area contributed by atoms with Crippen LogP contribution in [-0.4, -0.2) is 18.6 Å². The second-order valence-electron chi connectivity index (χ2n) is 3.78.